The van der Waals surface area contributed by atoms with E-state index in [1.807, 2.05) is 17.5 Å². The lowest BCUT2D eigenvalue weighted by Gasteiger charge is -2.23. The predicted molar refractivity (Wildman–Crippen MR) is 99.0 cm³/mol. The fourth-order valence-corrected chi connectivity index (χ4v) is 3.56. The van der Waals surface area contributed by atoms with Crippen molar-refractivity contribution in [3.8, 4) is 0 Å². The zero-order chi connectivity index (χ0) is 18.7. The van der Waals surface area contributed by atoms with Crippen molar-refractivity contribution in [2.24, 2.45) is 0 Å². The fraction of sp³-hybridized carbons (Fsp3) is 0.333. The Morgan fingerprint density at radius 3 is 2.69 bits per heavy atom. The van der Waals surface area contributed by atoms with E-state index in [2.05, 4.69) is 5.32 Å². The quantitative estimate of drug-likeness (QED) is 0.708. The topological polar surface area (TPSA) is 78.9 Å². The first-order valence-corrected chi connectivity index (χ1v) is 9.34. The van der Waals surface area contributed by atoms with Crippen molar-refractivity contribution in [1.29, 1.82) is 0 Å². The summed E-state index contributed by atoms with van der Waals surface area (Å²) in [6, 6.07) is 10.0. The third-order valence-electron chi connectivity index (χ3n) is 4.22. The highest BCUT2D eigenvalue weighted by molar-refractivity contribution is 7.09. The number of nitrogens with zero attached hydrogens (tertiary/aromatic N) is 1. The molecule has 6 nitrogen and oxygen atoms in total. The summed E-state index contributed by atoms with van der Waals surface area (Å²) in [4.78, 5) is 27.1. The molecule has 26 heavy (non-hydrogen) atoms. The average Bonchev–Trinajstić information content (AvgIpc) is 3.19. The minimum absolute atomic E-state index is 0.0343. The van der Waals surface area contributed by atoms with Gasteiger partial charge in [0.05, 0.1) is 25.9 Å². The van der Waals surface area contributed by atoms with Crippen LogP contribution in [-0.2, 0) is 21.7 Å². The number of β-amino-alcohol motifs (C(OH)–C–C–N with tert-alkyl or cyclic N) is 1. The molecule has 1 aliphatic rings. The number of carbonyl (C=O) groups excluding carboxylic acids is 2. The summed E-state index contributed by atoms with van der Waals surface area (Å²) >= 11 is 7.44. The molecular formula is C18H19ClN2O4S. The van der Waals surface area contributed by atoms with Gasteiger partial charge in [0.2, 0.25) is 0 Å². The van der Waals surface area contributed by atoms with E-state index in [0.29, 0.717) is 17.2 Å². The molecule has 1 aromatic heterocycles. The Hall–Kier alpha value is -1.93. The van der Waals surface area contributed by atoms with Crippen LogP contribution in [0.2, 0.25) is 5.02 Å². The number of halogens is 1. The SMILES string of the molecule is CC1(c2ccc(Cl)cc2)NC(=O)N(CC(O)COCc2cccs2)C1=O. The summed E-state index contributed by atoms with van der Waals surface area (Å²) < 4.78 is 5.45. The van der Waals surface area contributed by atoms with Crippen LogP contribution in [0.5, 0.6) is 0 Å². The average molecular weight is 395 g/mol. The monoisotopic (exact) mass is 394 g/mol. The number of amides is 3. The van der Waals surface area contributed by atoms with Crippen molar-refractivity contribution < 1.29 is 19.4 Å². The molecule has 0 bridgehead atoms. The van der Waals surface area contributed by atoms with Gasteiger partial charge in [0.25, 0.3) is 5.91 Å². The smallest absolute Gasteiger partial charge is 0.325 e. The van der Waals surface area contributed by atoms with Gasteiger partial charge in [-0.3, -0.25) is 9.69 Å². The van der Waals surface area contributed by atoms with Crippen molar-refractivity contribution in [3.63, 3.8) is 0 Å². The second-order valence-electron chi connectivity index (χ2n) is 6.23. The number of nitrogens with one attached hydrogen (secondary N) is 1. The van der Waals surface area contributed by atoms with Crippen LogP contribution in [-0.4, -0.2) is 41.2 Å². The third kappa shape index (κ3) is 3.91. The number of aliphatic hydroxyl groups excluding tert-OH is 1. The number of ether oxygens (including phenoxy) is 1. The number of imide groups is 1. The van der Waals surface area contributed by atoms with Crippen molar-refractivity contribution in [2.75, 3.05) is 13.2 Å². The molecule has 0 aliphatic carbocycles. The fourth-order valence-electron chi connectivity index (χ4n) is 2.80. The summed E-state index contributed by atoms with van der Waals surface area (Å²) in [6.07, 6.45) is -0.961. The predicted octanol–water partition coefficient (Wildman–Crippen LogP) is 2.75. The lowest BCUT2D eigenvalue weighted by molar-refractivity contribution is -0.132. The molecular weight excluding hydrogens is 376 g/mol. The molecule has 1 aliphatic heterocycles. The highest BCUT2D eigenvalue weighted by Crippen LogP contribution is 2.29. The number of hydrogen-bond acceptors (Lipinski definition) is 5. The minimum Gasteiger partial charge on any atom is -0.389 e. The molecule has 2 aromatic rings. The van der Waals surface area contributed by atoms with Gasteiger partial charge in [-0.1, -0.05) is 29.8 Å². The number of aliphatic hydroxyl groups is 1. The zero-order valence-corrected chi connectivity index (χ0v) is 15.7. The largest absolute Gasteiger partial charge is 0.389 e. The van der Waals surface area contributed by atoms with Crippen LogP contribution < -0.4 is 5.32 Å². The van der Waals surface area contributed by atoms with Gasteiger partial charge in [0, 0.05) is 9.90 Å². The summed E-state index contributed by atoms with van der Waals surface area (Å²) in [5.41, 5.74) is -0.551. The Balaban J connectivity index is 1.60. The number of urea groups is 1. The van der Waals surface area contributed by atoms with Crippen molar-refractivity contribution >= 4 is 34.9 Å². The normalized spacial score (nSPS) is 21.1. The molecule has 2 unspecified atom stereocenters. The van der Waals surface area contributed by atoms with Crippen LogP contribution in [0.3, 0.4) is 0 Å². The third-order valence-corrected chi connectivity index (χ3v) is 5.33. The maximum atomic E-state index is 12.8. The lowest BCUT2D eigenvalue weighted by Crippen LogP contribution is -2.42. The molecule has 1 aromatic carbocycles. The van der Waals surface area contributed by atoms with Crippen molar-refractivity contribution in [3.05, 3.63) is 57.2 Å². The molecule has 1 saturated heterocycles. The number of thiophene rings is 1. The summed E-state index contributed by atoms with van der Waals surface area (Å²) in [6.45, 7) is 1.93. The first kappa shape index (κ1) is 18.8. The summed E-state index contributed by atoms with van der Waals surface area (Å²) in [5.74, 6) is -0.415. The van der Waals surface area contributed by atoms with Gasteiger partial charge < -0.3 is 15.2 Å². The minimum atomic E-state index is -1.18. The molecule has 0 spiro atoms. The van der Waals surface area contributed by atoms with Gasteiger partial charge in [-0.25, -0.2) is 4.79 Å². The summed E-state index contributed by atoms with van der Waals surface area (Å²) in [5, 5.41) is 15.3. The number of hydrogen-bond donors (Lipinski definition) is 2. The Kier molecular flexibility index (Phi) is 5.62. The Morgan fingerprint density at radius 2 is 2.04 bits per heavy atom. The number of rotatable bonds is 7. The molecule has 2 atom stereocenters. The Bertz CT molecular complexity index is 781. The first-order chi connectivity index (χ1) is 12.4. The number of benzene rings is 1. The molecule has 2 N–H and O–H groups in total. The maximum absolute atomic E-state index is 12.8. The van der Waals surface area contributed by atoms with Crippen molar-refractivity contribution in [1.82, 2.24) is 10.2 Å². The Labute approximate surface area is 160 Å². The van der Waals surface area contributed by atoms with Gasteiger partial charge in [-0.15, -0.1) is 11.3 Å². The maximum Gasteiger partial charge on any atom is 0.325 e. The van der Waals surface area contributed by atoms with E-state index >= 15 is 0 Å². The Morgan fingerprint density at radius 1 is 1.31 bits per heavy atom. The van der Waals surface area contributed by atoms with E-state index in [-0.39, 0.29) is 13.2 Å². The molecule has 2 heterocycles. The van der Waals surface area contributed by atoms with E-state index < -0.39 is 23.6 Å². The molecule has 0 saturated carbocycles. The molecule has 3 amide bonds. The second-order valence-corrected chi connectivity index (χ2v) is 7.69. The molecule has 138 valence electrons. The molecule has 3 rings (SSSR count). The van der Waals surface area contributed by atoms with Crippen LogP contribution in [0.25, 0.3) is 0 Å². The lowest BCUT2D eigenvalue weighted by atomic mass is 9.92. The molecule has 0 radical (unpaired) electrons. The van der Waals surface area contributed by atoms with Crippen LogP contribution in [0.4, 0.5) is 4.79 Å². The molecule has 1 fully saturated rings. The van der Waals surface area contributed by atoms with E-state index in [1.165, 1.54) is 0 Å². The van der Waals surface area contributed by atoms with E-state index in [0.717, 1.165) is 9.78 Å². The van der Waals surface area contributed by atoms with Gasteiger partial charge in [0.1, 0.15) is 5.54 Å². The van der Waals surface area contributed by atoms with Crippen molar-refractivity contribution in [2.45, 2.75) is 25.2 Å². The number of carbonyl (C=O) groups is 2. The van der Waals surface area contributed by atoms with Gasteiger partial charge in [-0.2, -0.15) is 0 Å². The molecule has 8 heteroatoms. The first-order valence-electron chi connectivity index (χ1n) is 8.08. The highest BCUT2D eigenvalue weighted by Gasteiger charge is 2.49. The van der Waals surface area contributed by atoms with Crippen LogP contribution in [0.1, 0.15) is 17.4 Å². The van der Waals surface area contributed by atoms with Gasteiger partial charge in [0.15, 0.2) is 0 Å². The van der Waals surface area contributed by atoms with Gasteiger partial charge >= 0.3 is 6.03 Å². The summed E-state index contributed by atoms with van der Waals surface area (Å²) in [7, 11) is 0. The van der Waals surface area contributed by atoms with E-state index in [9.17, 15) is 14.7 Å². The van der Waals surface area contributed by atoms with E-state index in [4.69, 9.17) is 16.3 Å². The van der Waals surface area contributed by atoms with Gasteiger partial charge in [-0.05, 0) is 36.1 Å². The standard InChI is InChI=1S/C18H19ClN2O4S/c1-18(12-4-6-13(19)7-5-12)16(23)21(17(24)20-18)9-14(22)10-25-11-15-3-2-8-26-15/h2-8,14,22H,9-11H2,1H3,(H,20,24). The van der Waals surface area contributed by atoms with E-state index in [1.54, 1.807) is 42.5 Å². The zero-order valence-electron chi connectivity index (χ0n) is 14.1. The highest BCUT2D eigenvalue weighted by atomic mass is 35.5. The van der Waals surface area contributed by atoms with Crippen LogP contribution in [0.15, 0.2) is 41.8 Å². The second kappa shape index (κ2) is 7.75. The van der Waals surface area contributed by atoms with Crippen LogP contribution >= 0.6 is 22.9 Å². The van der Waals surface area contributed by atoms with Crippen LogP contribution in [0, 0.1) is 0 Å².